The van der Waals surface area contributed by atoms with Gasteiger partial charge < -0.3 is 15.9 Å². The summed E-state index contributed by atoms with van der Waals surface area (Å²) in [6.45, 7) is 1.98. The number of hydrogen-bond acceptors (Lipinski definition) is 3. The lowest BCUT2D eigenvalue weighted by molar-refractivity contribution is -0.0446. The molecular weight excluding hydrogens is 166 g/mol. The van der Waals surface area contributed by atoms with E-state index in [-0.39, 0.29) is 0 Å². The molecule has 13 heavy (non-hydrogen) atoms. The molecule has 3 nitrogen and oxygen atoms in total. The minimum absolute atomic E-state index is 0.327. The standard InChI is InChI=1S/C10H15NO2/c1-7-2-4-9(11)8(6-7)3-5-10(12)13/h2,4,6,10,12-13H,3,5,11H2,1H3. The van der Waals surface area contributed by atoms with E-state index < -0.39 is 6.29 Å². The second-order valence-electron chi connectivity index (χ2n) is 3.22. The van der Waals surface area contributed by atoms with Crippen LogP contribution in [0.2, 0.25) is 0 Å². The first kappa shape index (κ1) is 10.0. The molecule has 0 fully saturated rings. The third-order valence-corrected chi connectivity index (χ3v) is 1.97. The van der Waals surface area contributed by atoms with E-state index >= 15 is 0 Å². The van der Waals surface area contributed by atoms with Crippen LogP contribution in [0, 0.1) is 6.92 Å². The Bertz CT molecular complexity index is 284. The monoisotopic (exact) mass is 181 g/mol. The van der Waals surface area contributed by atoms with Crippen molar-refractivity contribution in [2.45, 2.75) is 26.1 Å². The molecule has 0 aromatic heterocycles. The molecule has 0 aliphatic heterocycles. The van der Waals surface area contributed by atoms with Gasteiger partial charge in [0, 0.05) is 12.1 Å². The highest BCUT2D eigenvalue weighted by Crippen LogP contribution is 2.15. The van der Waals surface area contributed by atoms with Crippen molar-refractivity contribution in [1.29, 1.82) is 0 Å². The van der Waals surface area contributed by atoms with Gasteiger partial charge in [0.25, 0.3) is 0 Å². The lowest BCUT2D eigenvalue weighted by Gasteiger charge is -2.07. The minimum Gasteiger partial charge on any atom is -0.399 e. The summed E-state index contributed by atoms with van der Waals surface area (Å²) in [4.78, 5) is 0. The van der Waals surface area contributed by atoms with Crippen LogP contribution < -0.4 is 5.73 Å². The van der Waals surface area contributed by atoms with Gasteiger partial charge >= 0.3 is 0 Å². The van der Waals surface area contributed by atoms with E-state index in [0.29, 0.717) is 18.5 Å². The van der Waals surface area contributed by atoms with Crippen LogP contribution in [0.3, 0.4) is 0 Å². The summed E-state index contributed by atoms with van der Waals surface area (Å²) in [5, 5.41) is 17.4. The van der Waals surface area contributed by atoms with Crippen molar-refractivity contribution in [2.24, 2.45) is 0 Å². The van der Waals surface area contributed by atoms with Gasteiger partial charge in [-0.25, -0.2) is 0 Å². The Balaban J connectivity index is 2.70. The summed E-state index contributed by atoms with van der Waals surface area (Å²) in [6.07, 6.45) is -0.321. The van der Waals surface area contributed by atoms with Crippen LogP contribution in [0.5, 0.6) is 0 Å². The maximum atomic E-state index is 8.69. The van der Waals surface area contributed by atoms with Crippen molar-refractivity contribution < 1.29 is 10.2 Å². The fraction of sp³-hybridized carbons (Fsp3) is 0.400. The van der Waals surface area contributed by atoms with Crippen molar-refractivity contribution in [2.75, 3.05) is 5.73 Å². The predicted molar refractivity (Wildman–Crippen MR) is 52.1 cm³/mol. The molecule has 1 aromatic rings. The summed E-state index contributed by atoms with van der Waals surface area (Å²) >= 11 is 0. The van der Waals surface area contributed by atoms with Gasteiger partial charge in [-0.3, -0.25) is 0 Å². The molecule has 0 atom stereocenters. The van der Waals surface area contributed by atoms with Crippen LogP contribution in [0.4, 0.5) is 5.69 Å². The lowest BCUT2D eigenvalue weighted by Crippen LogP contribution is -2.06. The average Bonchev–Trinajstić information content (AvgIpc) is 2.06. The minimum atomic E-state index is -1.25. The molecule has 0 amide bonds. The third kappa shape index (κ3) is 3.05. The third-order valence-electron chi connectivity index (χ3n) is 1.97. The SMILES string of the molecule is Cc1ccc(N)c(CCC(O)O)c1. The van der Waals surface area contributed by atoms with Crippen molar-refractivity contribution in [3.05, 3.63) is 29.3 Å². The fourth-order valence-corrected chi connectivity index (χ4v) is 1.24. The van der Waals surface area contributed by atoms with Gasteiger partial charge in [-0.05, 0) is 25.0 Å². The van der Waals surface area contributed by atoms with Gasteiger partial charge in [0.05, 0.1) is 0 Å². The number of benzene rings is 1. The quantitative estimate of drug-likeness (QED) is 0.477. The molecule has 0 saturated heterocycles. The Morgan fingerprint density at radius 2 is 2.08 bits per heavy atom. The molecule has 0 spiro atoms. The molecule has 0 unspecified atom stereocenters. The van der Waals surface area contributed by atoms with E-state index in [0.717, 1.165) is 11.1 Å². The van der Waals surface area contributed by atoms with Gasteiger partial charge in [-0.1, -0.05) is 17.7 Å². The van der Waals surface area contributed by atoms with Crippen LogP contribution in [0.1, 0.15) is 17.5 Å². The van der Waals surface area contributed by atoms with Crippen molar-refractivity contribution >= 4 is 5.69 Å². The van der Waals surface area contributed by atoms with Gasteiger partial charge in [-0.15, -0.1) is 0 Å². The fourth-order valence-electron chi connectivity index (χ4n) is 1.24. The second-order valence-corrected chi connectivity index (χ2v) is 3.22. The first-order valence-electron chi connectivity index (χ1n) is 4.30. The van der Waals surface area contributed by atoms with Crippen LogP contribution in [0.25, 0.3) is 0 Å². The van der Waals surface area contributed by atoms with E-state index in [1.807, 2.05) is 25.1 Å². The number of aliphatic hydroxyl groups excluding tert-OH is 1. The topological polar surface area (TPSA) is 66.5 Å². The van der Waals surface area contributed by atoms with Crippen LogP contribution >= 0.6 is 0 Å². The Morgan fingerprint density at radius 1 is 1.38 bits per heavy atom. The molecule has 72 valence electrons. The van der Waals surface area contributed by atoms with Gasteiger partial charge in [0.15, 0.2) is 6.29 Å². The number of aliphatic hydroxyl groups is 2. The van der Waals surface area contributed by atoms with E-state index in [1.54, 1.807) is 0 Å². The molecule has 0 heterocycles. The highest BCUT2D eigenvalue weighted by atomic mass is 16.5. The van der Waals surface area contributed by atoms with E-state index in [1.165, 1.54) is 0 Å². The average molecular weight is 181 g/mol. The first-order valence-corrected chi connectivity index (χ1v) is 4.30. The molecule has 0 aliphatic carbocycles. The normalized spacial score (nSPS) is 10.8. The summed E-state index contributed by atoms with van der Waals surface area (Å²) < 4.78 is 0. The Labute approximate surface area is 77.8 Å². The largest absolute Gasteiger partial charge is 0.399 e. The Hall–Kier alpha value is -1.06. The molecule has 1 aromatic carbocycles. The number of nitrogen functional groups attached to an aromatic ring is 1. The summed E-state index contributed by atoms with van der Waals surface area (Å²) in [5.74, 6) is 0. The zero-order chi connectivity index (χ0) is 9.84. The van der Waals surface area contributed by atoms with Crippen LogP contribution in [-0.2, 0) is 6.42 Å². The predicted octanol–water partition coefficient (Wildman–Crippen LogP) is 0.821. The molecule has 0 bridgehead atoms. The molecule has 0 radical (unpaired) electrons. The van der Waals surface area contributed by atoms with E-state index in [4.69, 9.17) is 15.9 Å². The van der Waals surface area contributed by atoms with Gasteiger partial charge in [-0.2, -0.15) is 0 Å². The summed E-state index contributed by atoms with van der Waals surface area (Å²) in [7, 11) is 0. The number of anilines is 1. The molecule has 4 N–H and O–H groups in total. The van der Waals surface area contributed by atoms with Gasteiger partial charge in [0.1, 0.15) is 0 Å². The zero-order valence-electron chi connectivity index (χ0n) is 7.70. The van der Waals surface area contributed by atoms with Crippen molar-refractivity contribution in [1.82, 2.24) is 0 Å². The maximum absolute atomic E-state index is 8.69. The molecular formula is C10H15NO2. The Morgan fingerprint density at radius 3 is 2.69 bits per heavy atom. The number of nitrogens with two attached hydrogens (primary N) is 1. The zero-order valence-corrected chi connectivity index (χ0v) is 7.70. The number of aryl methyl sites for hydroxylation is 2. The molecule has 0 aliphatic rings. The highest BCUT2D eigenvalue weighted by Gasteiger charge is 2.02. The van der Waals surface area contributed by atoms with Crippen LogP contribution in [0.15, 0.2) is 18.2 Å². The molecule has 1 rings (SSSR count). The highest BCUT2D eigenvalue weighted by molar-refractivity contribution is 5.48. The summed E-state index contributed by atoms with van der Waals surface area (Å²) in [6, 6.07) is 5.75. The number of hydrogen-bond donors (Lipinski definition) is 3. The first-order chi connectivity index (χ1) is 6.09. The van der Waals surface area contributed by atoms with Crippen LogP contribution in [-0.4, -0.2) is 16.5 Å². The Kier molecular flexibility index (Phi) is 3.28. The number of rotatable bonds is 3. The van der Waals surface area contributed by atoms with E-state index in [2.05, 4.69) is 0 Å². The lowest BCUT2D eigenvalue weighted by atomic mass is 10.0. The van der Waals surface area contributed by atoms with E-state index in [9.17, 15) is 0 Å². The smallest absolute Gasteiger partial charge is 0.151 e. The second kappa shape index (κ2) is 4.25. The molecule has 0 saturated carbocycles. The van der Waals surface area contributed by atoms with Crippen molar-refractivity contribution in [3.63, 3.8) is 0 Å². The maximum Gasteiger partial charge on any atom is 0.151 e. The van der Waals surface area contributed by atoms with Gasteiger partial charge in [0.2, 0.25) is 0 Å². The summed E-state index contributed by atoms with van der Waals surface area (Å²) in [5.41, 5.74) is 8.54. The van der Waals surface area contributed by atoms with Crippen molar-refractivity contribution in [3.8, 4) is 0 Å². The molecule has 3 heteroatoms.